The summed E-state index contributed by atoms with van der Waals surface area (Å²) in [5.74, 6) is 0.263. The maximum atomic E-state index is 12.8. The smallest absolute Gasteiger partial charge is 0.331 e. The van der Waals surface area contributed by atoms with Gasteiger partial charge in [-0.05, 0) is 23.3 Å². The molecular weight excluding hydrogens is 468 g/mol. The molecule has 0 bridgehead atoms. The maximum absolute atomic E-state index is 12.8. The van der Waals surface area contributed by atoms with Gasteiger partial charge in [0.1, 0.15) is 5.56 Å². The summed E-state index contributed by atoms with van der Waals surface area (Å²) in [6.45, 7) is 1.38. The summed E-state index contributed by atoms with van der Waals surface area (Å²) >= 11 is 0. The summed E-state index contributed by atoms with van der Waals surface area (Å²) in [5.41, 5.74) is -0.201. The second kappa shape index (κ2) is 9.98. The van der Waals surface area contributed by atoms with E-state index in [1.807, 2.05) is 6.07 Å². The zero-order valence-corrected chi connectivity index (χ0v) is 20.3. The van der Waals surface area contributed by atoms with Gasteiger partial charge in [-0.25, -0.2) is 9.80 Å². The zero-order valence-electron chi connectivity index (χ0n) is 20.3. The molecule has 2 aromatic carbocycles. The van der Waals surface area contributed by atoms with Crippen LogP contribution in [0.15, 0.2) is 57.2 Å². The quantitative estimate of drug-likeness (QED) is 0.513. The number of carbonyl (C=O) groups is 1. The van der Waals surface area contributed by atoms with Crippen LogP contribution in [0.25, 0.3) is 0 Å². The summed E-state index contributed by atoms with van der Waals surface area (Å²) in [7, 11) is 4.44. The van der Waals surface area contributed by atoms with Crippen LogP contribution in [0.2, 0.25) is 0 Å². The van der Waals surface area contributed by atoms with Gasteiger partial charge in [0.15, 0.2) is 11.5 Å². The van der Waals surface area contributed by atoms with E-state index in [2.05, 4.69) is 10.1 Å². The number of methoxy groups -OCH3 is 3. The number of rotatable bonds is 7. The SMILES string of the molecule is COc1cc(C2CC(c3c(O)n(Cc4ccccc4)c(=O)[nH]c3=O)=NN2C(C)=O)cc(OC)c1OC. The fourth-order valence-corrected chi connectivity index (χ4v) is 4.24. The van der Waals surface area contributed by atoms with Crippen molar-refractivity contribution >= 4 is 11.6 Å². The molecule has 36 heavy (non-hydrogen) atoms. The Hall–Kier alpha value is -4.54. The van der Waals surface area contributed by atoms with Gasteiger partial charge in [0.05, 0.1) is 39.6 Å². The fourth-order valence-electron chi connectivity index (χ4n) is 4.24. The minimum atomic E-state index is -0.797. The van der Waals surface area contributed by atoms with E-state index in [9.17, 15) is 19.5 Å². The average molecular weight is 495 g/mol. The topological polar surface area (TPSA) is 135 Å². The molecule has 1 aromatic heterocycles. The van der Waals surface area contributed by atoms with Crippen molar-refractivity contribution in [3.8, 4) is 23.1 Å². The van der Waals surface area contributed by atoms with Crippen LogP contribution in [0.1, 0.15) is 36.1 Å². The summed E-state index contributed by atoms with van der Waals surface area (Å²) in [4.78, 5) is 40.0. The van der Waals surface area contributed by atoms with E-state index >= 15 is 0 Å². The van der Waals surface area contributed by atoms with Crippen LogP contribution < -0.4 is 25.5 Å². The molecule has 1 aliphatic rings. The van der Waals surface area contributed by atoms with Gasteiger partial charge in [0, 0.05) is 13.3 Å². The highest BCUT2D eigenvalue weighted by Gasteiger charge is 2.35. The molecule has 0 spiro atoms. The first-order chi connectivity index (χ1) is 17.3. The molecule has 0 saturated carbocycles. The third-order valence-corrected chi connectivity index (χ3v) is 5.95. The Morgan fingerprint density at radius 3 is 2.28 bits per heavy atom. The molecular formula is C25H26N4O7. The number of hydrogen-bond acceptors (Lipinski definition) is 8. The molecule has 0 aliphatic carbocycles. The number of hydrogen-bond donors (Lipinski definition) is 2. The van der Waals surface area contributed by atoms with Crippen LogP contribution in [0.3, 0.4) is 0 Å². The van der Waals surface area contributed by atoms with Gasteiger partial charge in [-0.2, -0.15) is 5.10 Å². The Labute approximate surface area is 206 Å². The van der Waals surface area contributed by atoms with Crippen molar-refractivity contribution in [3.63, 3.8) is 0 Å². The standard InChI is InChI=1S/C25H26N4O7/c1-14(30)29-18(16-10-19(34-2)22(36-4)20(11-16)35-3)12-17(27-29)21-23(31)26-25(33)28(24(21)32)13-15-8-6-5-7-9-15/h5-11,18,32H,12-13H2,1-4H3,(H,26,31,33). The number of aromatic nitrogens is 2. The zero-order chi connectivity index (χ0) is 26.0. The molecule has 2 heterocycles. The molecule has 2 N–H and O–H groups in total. The van der Waals surface area contributed by atoms with Gasteiger partial charge in [-0.15, -0.1) is 0 Å². The Bertz CT molecular complexity index is 1420. The van der Waals surface area contributed by atoms with E-state index in [-0.39, 0.29) is 30.1 Å². The average Bonchev–Trinajstić information content (AvgIpc) is 3.31. The molecule has 3 aromatic rings. The summed E-state index contributed by atoms with van der Waals surface area (Å²) in [6.07, 6.45) is 0.0956. The predicted octanol–water partition coefficient (Wildman–Crippen LogP) is 2.01. The lowest BCUT2D eigenvalue weighted by Crippen LogP contribution is -2.34. The van der Waals surface area contributed by atoms with Crippen molar-refractivity contribution in [3.05, 3.63) is 80.0 Å². The summed E-state index contributed by atoms with van der Waals surface area (Å²) < 4.78 is 17.3. The van der Waals surface area contributed by atoms with E-state index in [1.165, 1.54) is 33.3 Å². The Balaban J connectivity index is 1.79. The molecule has 1 unspecified atom stereocenters. The summed E-state index contributed by atoms with van der Waals surface area (Å²) in [5, 5.41) is 16.6. The van der Waals surface area contributed by atoms with Crippen molar-refractivity contribution < 1.29 is 24.1 Å². The molecule has 0 fully saturated rings. The first kappa shape index (κ1) is 24.6. The highest BCUT2D eigenvalue weighted by atomic mass is 16.5. The number of aromatic amines is 1. The van der Waals surface area contributed by atoms with E-state index in [1.54, 1.807) is 36.4 Å². The Kier molecular flexibility index (Phi) is 6.82. The second-order valence-electron chi connectivity index (χ2n) is 8.12. The van der Waals surface area contributed by atoms with E-state index in [0.29, 0.717) is 22.8 Å². The lowest BCUT2D eigenvalue weighted by atomic mass is 9.98. The highest BCUT2D eigenvalue weighted by molar-refractivity contribution is 6.04. The van der Waals surface area contributed by atoms with Crippen LogP contribution in [0, 0.1) is 0 Å². The Morgan fingerprint density at radius 1 is 1.08 bits per heavy atom. The molecule has 1 amide bonds. The number of H-pyrrole nitrogens is 1. The minimum Gasteiger partial charge on any atom is -0.494 e. The highest BCUT2D eigenvalue weighted by Crippen LogP contribution is 2.43. The predicted molar refractivity (Wildman–Crippen MR) is 131 cm³/mol. The van der Waals surface area contributed by atoms with Crippen LogP contribution >= 0.6 is 0 Å². The minimum absolute atomic E-state index is 0.0370. The molecule has 1 aliphatic heterocycles. The lowest BCUT2D eigenvalue weighted by molar-refractivity contribution is -0.130. The largest absolute Gasteiger partial charge is 0.494 e. The van der Waals surface area contributed by atoms with Crippen LogP contribution in [-0.2, 0) is 11.3 Å². The van der Waals surface area contributed by atoms with E-state index in [0.717, 1.165) is 10.1 Å². The first-order valence-corrected chi connectivity index (χ1v) is 11.1. The van der Waals surface area contributed by atoms with Gasteiger partial charge in [0.25, 0.3) is 5.56 Å². The fraction of sp³-hybridized carbons (Fsp3) is 0.280. The lowest BCUT2D eigenvalue weighted by Gasteiger charge is -2.22. The first-order valence-electron chi connectivity index (χ1n) is 11.1. The molecule has 188 valence electrons. The monoisotopic (exact) mass is 494 g/mol. The molecule has 11 nitrogen and oxygen atoms in total. The molecule has 1 atom stereocenters. The number of amides is 1. The number of ether oxygens (including phenoxy) is 3. The number of nitrogens with zero attached hydrogens (tertiary/aromatic N) is 3. The van der Waals surface area contributed by atoms with Crippen molar-refractivity contribution in [1.29, 1.82) is 0 Å². The van der Waals surface area contributed by atoms with Crippen molar-refractivity contribution in [2.75, 3.05) is 21.3 Å². The molecule has 11 heteroatoms. The van der Waals surface area contributed by atoms with Crippen LogP contribution in [0.4, 0.5) is 0 Å². The van der Waals surface area contributed by atoms with Gasteiger partial charge in [-0.3, -0.25) is 19.1 Å². The van der Waals surface area contributed by atoms with Gasteiger partial charge < -0.3 is 19.3 Å². The second-order valence-corrected chi connectivity index (χ2v) is 8.12. The third kappa shape index (κ3) is 4.42. The number of hydrazone groups is 1. The van der Waals surface area contributed by atoms with Crippen LogP contribution in [0.5, 0.6) is 23.1 Å². The van der Waals surface area contributed by atoms with Gasteiger partial charge >= 0.3 is 5.69 Å². The number of nitrogens with one attached hydrogen (secondary N) is 1. The maximum Gasteiger partial charge on any atom is 0.331 e. The Morgan fingerprint density at radius 2 is 1.72 bits per heavy atom. The van der Waals surface area contributed by atoms with Crippen LogP contribution in [-0.4, -0.2) is 52.6 Å². The van der Waals surface area contributed by atoms with Crippen molar-refractivity contribution in [2.24, 2.45) is 5.10 Å². The molecule has 0 saturated heterocycles. The third-order valence-electron chi connectivity index (χ3n) is 5.95. The van der Waals surface area contributed by atoms with Gasteiger partial charge in [-0.1, -0.05) is 30.3 Å². The van der Waals surface area contributed by atoms with Crippen molar-refractivity contribution in [1.82, 2.24) is 14.6 Å². The normalized spacial score (nSPS) is 14.9. The number of benzene rings is 2. The molecule has 4 rings (SSSR count). The van der Waals surface area contributed by atoms with Crippen molar-refractivity contribution in [2.45, 2.75) is 25.9 Å². The summed E-state index contributed by atoms with van der Waals surface area (Å²) in [6, 6.07) is 11.8. The number of aromatic hydroxyl groups is 1. The van der Waals surface area contributed by atoms with E-state index in [4.69, 9.17) is 14.2 Å². The van der Waals surface area contributed by atoms with E-state index < -0.39 is 23.2 Å². The molecule has 0 radical (unpaired) electrons. The number of carbonyl (C=O) groups excluding carboxylic acids is 1. The van der Waals surface area contributed by atoms with Gasteiger partial charge in [0.2, 0.25) is 17.5 Å².